The van der Waals surface area contributed by atoms with Crippen LogP contribution in [0.25, 0.3) is 0 Å². The molecular weight excluding hydrogens is 152 g/mol. The lowest BCUT2D eigenvalue weighted by atomic mass is 10.0. The van der Waals surface area contributed by atoms with Gasteiger partial charge in [0, 0.05) is 7.05 Å². The van der Waals surface area contributed by atoms with E-state index in [0.29, 0.717) is 18.6 Å². The van der Waals surface area contributed by atoms with Crippen molar-refractivity contribution in [3.63, 3.8) is 0 Å². The van der Waals surface area contributed by atoms with Crippen LogP contribution in [0.5, 0.6) is 0 Å². The van der Waals surface area contributed by atoms with Crippen LogP contribution < -0.4 is 5.32 Å². The summed E-state index contributed by atoms with van der Waals surface area (Å²) in [6.45, 7) is 0.539. The van der Waals surface area contributed by atoms with Crippen LogP contribution in [-0.4, -0.2) is 30.6 Å². The van der Waals surface area contributed by atoms with Crippen LogP contribution in [0.1, 0.15) is 25.7 Å². The number of carbonyl (C=O) groups excluding carboxylic acids is 1. The third-order valence-electron chi connectivity index (χ3n) is 3.12. The van der Waals surface area contributed by atoms with Gasteiger partial charge in [0.05, 0.1) is 12.7 Å². The van der Waals surface area contributed by atoms with Gasteiger partial charge in [0.25, 0.3) is 0 Å². The molecule has 1 N–H and O–H groups in total. The Kier molecular flexibility index (Phi) is 2.05. The molecule has 1 unspecified atom stereocenters. The van der Waals surface area contributed by atoms with Gasteiger partial charge in [-0.05, 0) is 18.8 Å². The highest BCUT2D eigenvalue weighted by Crippen LogP contribution is 2.29. The molecule has 0 radical (unpaired) electrons. The number of rotatable bonds is 1. The van der Waals surface area contributed by atoms with Gasteiger partial charge in [-0.2, -0.15) is 0 Å². The monoisotopic (exact) mass is 168 g/mol. The molecule has 0 aromatic rings. The highest BCUT2D eigenvalue weighted by Gasteiger charge is 2.34. The second kappa shape index (κ2) is 3.05. The zero-order valence-corrected chi connectivity index (χ0v) is 7.55. The summed E-state index contributed by atoms with van der Waals surface area (Å²) in [5.74, 6) is 0.952. The smallest absolute Gasteiger partial charge is 0.237 e. The van der Waals surface area contributed by atoms with E-state index in [1.54, 1.807) is 0 Å². The van der Waals surface area contributed by atoms with E-state index in [-0.39, 0.29) is 5.91 Å². The van der Waals surface area contributed by atoms with Crippen molar-refractivity contribution >= 4 is 5.91 Å². The Morgan fingerprint density at radius 2 is 2.08 bits per heavy atom. The number of carbonyl (C=O) groups is 1. The fourth-order valence-electron chi connectivity index (χ4n) is 2.36. The molecule has 1 amide bonds. The van der Waals surface area contributed by atoms with Crippen molar-refractivity contribution in [2.24, 2.45) is 5.92 Å². The first-order chi connectivity index (χ1) is 5.79. The molecule has 68 valence electrons. The topological polar surface area (TPSA) is 32.3 Å². The lowest BCUT2D eigenvalue weighted by molar-refractivity contribution is -0.127. The van der Waals surface area contributed by atoms with Gasteiger partial charge in [0.2, 0.25) is 5.91 Å². The molecule has 3 nitrogen and oxygen atoms in total. The number of hydrogen-bond donors (Lipinski definition) is 1. The molecule has 2 aliphatic rings. The van der Waals surface area contributed by atoms with Crippen molar-refractivity contribution < 1.29 is 4.79 Å². The van der Waals surface area contributed by atoms with Gasteiger partial charge in [0.15, 0.2) is 0 Å². The Labute approximate surface area is 73.1 Å². The maximum atomic E-state index is 11.2. The van der Waals surface area contributed by atoms with Crippen molar-refractivity contribution in [3.8, 4) is 0 Å². The number of nitrogens with one attached hydrogen (secondary N) is 1. The zero-order valence-electron chi connectivity index (χ0n) is 7.55. The number of nitrogens with zero attached hydrogens (tertiary/aromatic N) is 1. The van der Waals surface area contributed by atoms with Crippen molar-refractivity contribution in [2.75, 3.05) is 13.6 Å². The molecule has 0 spiro atoms. The minimum atomic E-state index is 0.242. The SMILES string of the molecule is CN1C(=O)CNC1C1CCCC1. The molecule has 1 saturated heterocycles. The predicted molar refractivity (Wildman–Crippen MR) is 46.5 cm³/mol. The van der Waals surface area contributed by atoms with Crippen LogP contribution in [0, 0.1) is 5.92 Å². The normalized spacial score (nSPS) is 31.9. The first-order valence-corrected chi connectivity index (χ1v) is 4.78. The van der Waals surface area contributed by atoms with E-state index in [9.17, 15) is 4.79 Å². The molecule has 2 fully saturated rings. The quantitative estimate of drug-likeness (QED) is 0.620. The highest BCUT2D eigenvalue weighted by molar-refractivity contribution is 5.80. The number of hydrogen-bond acceptors (Lipinski definition) is 2. The summed E-state index contributed by atoms with van der Waals surface area (Å²) in [4.78, 5) is 13.1. The van der Waals surface area contributed by atoms with E-state index >= 15 is 0 Å². The maximum absolute atomic E-state index is 11.2. The summed E-state index contributed by atoms with van der Waals surface area (Å²) in [5, 5.41) is 3.27. The molecular formula is C9H16N2O. The molecule has 12 heavy (non-hydrogen) atoms. The molecule has 0 aromatic carbocycles. The number of amides is 1. The summed E-state index contributed by atoms with van der Waals surface area (Å²) < 4.78 is 0. The first kappa shape index (κ1) is 8.05. The van der Waals surface area contributed by atoms with E-state index in [1.165, 1.54) is 25.7 Å². The second-order valence-electron chi connectivity index (χ2n) is 3.87. The zero-order chi connectivity index (χ0) is 8.55. The maximum Gasteiger partial charge on any atom is 0.237 e. The predicted octanol–water partition coefficient (Wildman–Crippen LogP) is 0.564. The van der Waals surface area contributed by atoms with Gasteiger partial charge < -0.3 is 4.90 Å². The Hall–Kier alpha value is -0.570. The van der Waals surface area contributed by atoms with E-state index in [4.69, 9.17) is 0 Å². The van der Waals surface area contributed by atoms with Gasteiger partial charge in [-0.15, -0.1) is 0 Å². The van der Waals surface area contributed by atoms with E-state index in [0.717, 1.165) is 0 Å². The standard InChI is InChI=1S/C9H16N2O/c1-11-8(12)6-10-9(11)7-4-2-3-5-7/h7,9-10H,2-6H2,1H3. The third-order valence-corrected chi connectivity index (χ3v) is 3.12. The molecule has 2 rings (SSSR count). The van der Waals surface area contributed by atoms with Crippen molar-refractivity contribution in [3.05, 3.63) is 0 Å². The minimum Gasteiger partial charge on any atom is -0.329 e. The van der Waals surface area contributed by atoms with Crippen molar-refractivity contribution in [2.45, 2.75) is 31.8 Å². The van der Waals surface area contributed by atoms with Gasteiger partial charge in [-0.25, -0.2) is 0 Å². The van der Waals surface area contributed by atoms with Gasteiger partial charge in [-0.3, -0.25) is 10.1 Å². The van der Waals surface area contributed by atoms with Crippen LogP contribution in [0.4, 0.5) is 0 Å². The molecule has 1 aliphatic carbocycles. The summed E-state index contributed by atoms with van der Waals surface area (Å²) in [6, 6.07) is 0. The molecule has 1 saturated carbocycles. The van der Waals surface area contributed by atoms with Crippen LogP contribution >= 0.6 is 0 Å². The van der Waals surface area contributed by atoms with Crippen LogP contribution in [0.2, 0.25) is 0 Å². The Bertz CT molecular complexity index is 187. The van der Waals surface area contributed by atoms with Crippen LogP contribution in [0.15, 0.2) is 0 Å². The largest absolute Gasteiger partial charge is 0.329 e. The van der Waals surface area contributed by atoms with Crippen LogP contribution in [0.3, 0.4) is 0 Å². The molecule has 1 atom stereocenters. The minimum absolute atomic E-state index is 0.242. The third kappa shape index (κ3) is 1.22. The summed E-state index contributed by atoms with van der Waals surface area (Å²) in [5.41, 5.74) is 0. The average molecular weight is 168 g/mol. The van der Waals surface area contributed by atoms with E-state index in [2.05, 4.69) is 5.32 Å². The van der Waals surface area contributed by atoms with E-state index < -0.39 is 0 Å². The summed E-state index contributed by atoms with van der Waals surface area (Å²) in [6.07, 6.45) is 5.58. The summed E-state index contributed by atoms with van der Waals surface area (Å²) >= 11 is 0. The molecule has 0 aromatic heterocycles. The van der Waals surface area contributed by atoms with Gasteiger partial charge in [0.1, 0.15) is 0 Å². The van der Waals surface area contributed by atoms with E-state index in [1.807, 2.05) is 11.9 Å². The molecule has 1 heterocycles. The van der Waals surface area contributed by atoms with Crippen molar-refractivity contribution in [1.82, 2.24) is 10.2 Å². The lowest BCUT2D eigenvalue weighted by Crippen LogP contribution is -2.39. The highest BCUT2D eigenvalue weighted by atomic mass is 16.2. The second-order valence-corrected chi connectivity index (χ2v) is 3.87. The molecule has 3 heteroatoms. The Morgan fingerprint density at radius 3 is 2.58 bits per heavy atom. The molecule has 1 aliphatic heterocycles. The van der Waals surface area contributed by atoms with Crippen LogP contribution in [-0.2, 0) is 4.79 Å². The average Bonchev–Trinajstić information content (AvgIpc) is 2.64. The Balaban J connectivity index is 1.99. The Morgan fingerprint density at radius 1 is 1.42 bits per heavy atom. The fraction of sp³-hybridized carbons (Fsp3) is 0.889. The van der Waals surface area contributed by atoms with Gasteiger partial charge >= 0.3 is 0 Å². The fourth-order valence-corrected chi connectivity index (χ4v) is 2.36. The van der Waals surface area contributed by atoms with Crippen molar-refractivity contribution in [1.29, 1.82) is 0 Å². The lowest BCUT2D eigenvalue weighted by Gasteiger charge is -2.25. The molecule has 0 bridgehead atoms. The first-order valence-electron chi connectivity index (χ1n) is 4.78. The summed E-state index contributed by atoms with van der Waals surface area (Å²) in [7, 11) is 1.91. The number of likely N-dealkylation sites (N-methyl/N-ethyl adjacent to an activating group) is 1. The van der Waals surface area contributed by atoms with Gasteiger partial charge in [-0.1, -0.05) is 12.8 Å².